The van der Waals surface area contributed by atoms with Crippen LogP contribution in [0.3, 0.4) is 0 Å². The van der Waals surface area contributed by atoms with Gasteiger partial charge in [0.15, 0.2) is 0 Å². The van der Waals surface area contributed by atoms with E-state index in [4.69, 9.17) is 11.6 Å². The van der Waals surface area contributed by atoms with Gasteiger partial charge in [0, 0.05) is 24.3 Å². The van der Waals surface area contributed by atoms with Gasteiger partial charge in [-0.15, -0.1) is 11.3 Å². The van der Waals surface area contributed by atoms with Gasteiger partial charge in [0.25, 0.3) is 0 Å². The van der Waals surface area contributed by atoms with E-state index in [-0.39, 0.29) is 6.04 Å². The monoisotopic (exact) mass is 241 g/mol. The highest BCUT2D eigenvalue weighted by Gasteiger charge is 2.17. The minimum Gasteiger partial charge on any atom is -0.336 e. The predicted octanol–water partition coefficient (Wildman–Crippen LogP) is 2.44. The molecule has 2 aromatic heterocycles. The van der Waals surface area contributed by atoms with E-state index in [0.717, 1.165) is 10.2 Å². The zero-order valence-electron chi connectivity index (χ0n) is 8.57. The zero-order valence-corrected chi connectivity index (χ0v) is 10.1. The number of nitrogens with one attached hydrogen (secondary N) is 1. The van der Waals surface area contributed by atoms with Crippen molar-refractivity contribution in [2.24, 2.45) is 7.05 Å². The average Bonchev–Trinajstić information content (AvgIpc) is 2.79. The lowest BCUT2D eigenvalue weighted by Gasteiger charge is -2.13. The van der Waals surface area contributed by atoms with E-state index >= 15 is 0 Å². The number of thiophene rings is 1. The van der Waals surface area contributed by atoms with Crippen molar-refractivity contribution in [3.05, 3.63) is 39.6 Å². The maximum atomic E-state index is 5.93. The Morgan fingerprint density at radius 1 is 1.53 bits per heavy atom. The highest BCUT2D eigenvalue weighted by Crippen LogP contribution is 2.29. The van der Waals surface area contributed by atoms with Gasteiger partial charge in [0.1, 0.15) is 11.9 Å². The molecule has 15 heavy (non-hydrogen) atoms. The summed E-state index contributed by atoms with van der Waals surface area (Å²) in [4.78, 5) is 5.51. The second-order valence-corrected chi connectivity index (χ2v) is 5.01. The van der Waals surface area contributed by atoms with E-state index in [1.54, 1.807) is 17.5 Å². The highest BCUT2D eigenvalue weighted by atomic mass is 35.5. The molecule has 0 saturated heterocycles. The van der Waals surface area contributed by atoms with Gasteiger partial charge in [-0.05, 0) is 19.2 Å². The summed E-state index contributed by atoms with van der Waals surface area (Å²) in [7, 11) is 3.91. The van der Waals surface area contributed by atoms with E-state index in [1.165, 1.54) is 4.88 Å². The summed E-state index contributed by atoms with van der Waals surface area (Å²) in [5, 5.41) is 3.24. The first-order valence-electron chi connectivity index (χ1n) is 4.62. The van der Waals surface area contributed by atoms with Crippen molar-refractivity contribution in [2.45, 2.75) is 6.04 Å². The molecule has 5 heteroatoms. The van der Waals surface area contributed by atoms with Gasteiger partial charge < -0.3 is 9.88 Å². The van der Waals surface area contributed by atoms with Crippen LogP contribution in [0.5, 0.6) is 0 Å². The molecule has 0 fully saturated rings. The highest BCUT2D eigenvalue weighted by molar-refractivity contribution is 7.16. The Balaban J connectivity index is 2.36. The predicted molar refractivity (Wildman–Crippen MR) is 63.4 cm³/mol. The molecule has 2 heterocycles. The number of nitrogens with zero attached hydrogens (tertiary/aromatic N) is 2. The summed E-state index contributed by atoms with van der Waals surface area (Å²) in [6.07, 6.45) is 3.74. The maximum absolute atomic E-state index is 5.93. The third-order valence-corrected chi connectivity index (χ3v) is 3.58. The summed E-state index contributed by atoms with van der Waals surface area (Å²) in [5.74, 6) is 0.996. The number of hydrogen-bond acceptors (Lipinski definition) is 3. The average molecular weight is 242 g/mol. The van der Waals surface area contributed by atoms with Crippen LogP contribution in [-0.2, 0) is 7.05 Å². The van der Waals surface area contributed by atoms with Crippen molar-refractivity contribution < 1.29 is 0 Å². The van der Waals surface area contributed by atoms with Gasteiger partial charge in [-0.3, -0.25) is 0 Å². The molecule has 1 unspecified atom stereocenters. The summed E-state index contributed by atoms with van der Waals surface area (Å²) < 4.78 is 2.81. The minimum absolute atomic E-state index is 0.113. The van der Waals surface area contributed by atoms with Crippen LogP contribution in [0.2, 0.25) is 4.34 Å². The molecule has 0 spiro atoms. The van der Waals surface area contributed by atoms with Crippen molar-refractivity contribution in [3.63, 3.8) is 0 Å². The second-order valence-electron chi connectivity index (χ2n) is 3.26. The summed E-state index contributed by atoms with van der Waals surface area (Å²) in [6, 6.07) is 4.06. The normalized spacial score (nSPS) is 13.0. The topological polar surface area (TPSA) is 29.9 Å². The number of rotatable bonds is 3. The second kappa shape index (κ2) is 4.35. The first-order chi connectivity index (χ1) is 7.22. The molecule has 3 nitrogen and oxygen atoms in total. The number of halogens is 1. The number of hydrogen-bond donors (Lipinski definition) is 1. The fourth-order valence-corrected chi connectivity index (χ4v) is 2.71. The Morgan fingerprint density at radius 3 is 2.80 bits per heavy atom. The Hall–Kier alpha value is -0.840. The molecular weight excluding hydrogens is 230 g/mol. The van der Waals surface area contributed by atoms with Gasteiger partial charge in [-0.1, -0.05) is 11.6 Å². The molecule has 0 amide bonds. The van der Waals surface area contributed by atoms with E-state index in [1.807, 2.05) is 37.0 Å². The molecule has 0 bridgehead atoms. The molecule has 0 aromatic carbocycles. The van der Waals surface area contributed by atoms with Crippen molar-refractivity contribution in [2.75, 3.05) is 7.05 Å². The van der Waals surface area contributed by atoms with E-state index in [0.29, 0.717) is 0 Å². The summed E-state index contributed by atoms with van der Waals surface area (Å²) in [6.45, 7) is 0. The van der Waals surface area contributed by atoms with Crippen molar-refractivity contribution in [1.82, 2.24) is 14.9 Å². The van der Waals surface area contributed by atoms with E-state index < -0.39 is 0 Å². The smallest absolute Gasteiger partial charge is 0.131 e. The van der Waals surface area contributed by atoms with Gasteiger partial charge >= 0.3 is 0 Å². The minimum atomic E-state index is 0.113. The van der Waals surface area contributed by atoms with Gasteiger partial charge in [-0.2, -0.15) is 0 Å². The molecule has 80 valence electrons. The fourth-order valence-electron chi connectivity index (χ4n) is 1.54. The zero-order chi connectivity index (χ0) is 10.8. The molecule has 0 aliphatic heterocycles. The van der Waals surface area contributed by atoms with Gasteiger partial charge in [0.2, 0.25) is 0 Å². The fraction of sp³-hybridized carbons (Fsp3) is 0.300. The van der Waals surface area contributed by atoms with Crippen LogP contribution in [0, 0.1) is 0 Å². The molecule has 1 atom stereocenters. The number of aromatic nitrogens is 2. The van der Waals surface area contributed by atoms with Crippen molar-refractivity contribution in [1.29, 1.82) is 0 Å². The molecule has 0 aliphatic carbocycles. The van der Waals surface area contributed by atoms with Crippen molar-refractivity contribution >= 4 is 22.9 Å². The Kier molecular flexibility index (Phi) is 3.09. The Bertz CT molecular complexity index is 449. The summed E-state index contributed by atoms with van der Waals surface area (Å²) in [5.41, 5.74) is 0. The van der Waals surface area contributed by atoms with E-state index in [2.05, 4.69) is 10.3 Å². The third kappa shape index (κ3) is 2.07. The lowest BCUT2D eigenvalue weighted by atomic mass is 10.2. The number of aryl methyl sites for hydroxylation is 1. The quantitative estimate of drug-likeness (QED) is 0.895. The SMILES string of the molecule is CNC(c1ccc(Cl)s1)c1nccn1C. The third-order valence-electron chi connectivity index (χ3n) is 2.28. The first-order valence-corrected chi connectivity index (χ1v) is 5.81. The van der Waals surface area contributed by atoms with E-state index in [9.17, 15) is 0 Å². The van der Waals surface area contributed by atoms with Crippen molar-refractivity contribution in [3.8, 4) is 0 Å². The Morgan fingerprint density at radius 2 is 2.33 bits per heavy atom. The standard InChI is InChI=1S/C10H12ClN3S/c1-12-9(7-3-4-8(11)15-7)10-13-5-6-14(10)2/h3-6,9,12H,1-2H3. The molecule has 1 N–H and O–H groups in total. The molecule has 0 radical (unpaired) electrons. The van der Waals surface area contributed by atoms with Crippen LogP contribution < -0.4 is 5.32 Å². The lowest BCUT2D eigenvalue weighted by molar-refractivity contribution is 0.626. The van der Waals surface area contributed by atoms with Crippen LogP contribution in [0.1, 0.15) is 16.7 Å². The van der Waals surface area contributed by atoms with Crippen LogP contribution in [-0.4, -0.2) is 16.6 Å². The summed E-state index contributed by atoms with van der Waals surface area (Å²) >= 11 is 7.50. The molecule has 2 aromatic rings. The van der Waals surface area contributed by atoms with Crippen LogP contribution in [0.4, 0.5) is 0 Å². The lowest BCUT2D eigenvalue weighted by Crippen LogP contribution is -2.20. The maximum Gasteiger partial charge on any atom is 0.131 e. The van der Waals surface area contributed by atoms with Crippen LogP contribution in [0.25, 0.3) is 0 Å². The molecule has 0 aliphatic rings. The first kappa shape index (κ1) is 10.7. The van der Waals surface area contributed by atoms with Gasteiger partial charge in [0.05, 0.1) is 4.34 Å². The Labute approximate surface area is 97.7 Å². The molecule has 0 saturated carbocycles. The number of imidazole rings is 1. The van der Waals surface area contributed by atoms with Crippen LogP contribution in [0.15, 0.2) is 24.5 Å². The van der Waals surface area contributed by atoms with Crippen LogP contribution >= 0.6 is 22.9 Å². The molecule has 2 rings (SSSR count). The largest absolute Gasteiger partial charge is 0.336 e. The molecular formula is C10H12ClN3S. The van der Waals surface area contributed by atoms with Gasteiger partial charge in [-0.25, -0.2) is 4.98 Å².